The van der Waals surface area contributed by atoms with Crippen molar-refractivity contribution in [3.05, 3.63) is 16.0 Å². The molecule has 0 fully saturated rings. The van der Waals surface area contributed by atoms with Gasteiger partial charge in [0, 0.05) is 17.7 Å². The van der Waals surface area contributed by atoms with Crippen LogP contribution in [0.15, 0.2) is 0 Å². The molecule has 1 aliphatic heterocycles. The van der Waals surface area contributed by atoms with Crippen molar-refractivity contribution < 1.29 is 9.53 Å². The summed E-state index contributed by atoms with van der Waals surface area (Å²) in [4.78, 5) is 12.8. The number of hydrogen-bond donors (Lipinski definition) is 1. The van der Waals surface area contributed by atoms with Gasteiger partial charge in [0.15, 0.2) is 0 Å². The maximum atomic E-state index is 11.7. The Kier molecular flexibility index (Phi) is 4.79. The second-order valence-corrected chi connectivity index (χ2v) is 6.52. The Hall–Kier alpha value is -1.38. The number of thiophene rings is 1. The highest BCUT2D eigenvalue weighted by Crippen LogP contribution is 2.38. The van der Waals surface area contributed by atoms with Crippen LogP contribution in [0.1, 0.15) is 49.6 Å². The first-order valence-corrected chi connectivity index (χ1v) is 7.84. The summed E-state index contributed by atoms with van der Waals surface area (Å²) in [5.74, 6) is 0.400. The number of nitriles is 1. The average molecular weight is 292 g/mol. The molecule has 1 aromatic heterocycles. The fraction of sp³-hybridized carbons (Fsp3) is 0.600. The summed E-state index contributed by atoms with van der Waals surface area (Å²) in [6, 6.07) is 2.25. The molecule has 0 spiro atoms. The summed E-state index contributed by atoms with van der Waals surface area (Å²) in [7, 11) is 0. The van der Waals surface area contributed by atoms with Crippen LogP contribution in [-0.4, -0.2) is 12.0 Å². The van der Waals surface area contributed by atoms with Crippen molar-refractivity contribution in [1.82, 2.24) is 0 Å². The molecule has 108 valence electrons. The number of ether oxygens (including phenoxy) is 1. The van der Waals surface area contributed by atoms with E-state index in [-0.39, 0.29) is 12.0 Å². The normalized spacial score (nSPS) is 17.6. The Bertz CT molecular complexity index is 543. The van der Waals surface area contributed by atoms with Crippen LogP contribution in [0.2, 0.25) is 0 Å². The minimum Gasteiger partial charge on any atom is -0.372 e. The first-order chi connectivity index (χ1) is 9.56. The van der Waals surface area contributed by atoms with Crippen molar-refractivity contribution in [3.8, 4) is 6.07 Å². The van der Waals surface area contributed by atoms with Crippen molar-refractivity contribution in [2.45, 2.75) is 52.7 Å². The number of nitrogens with one attached hydrogen (secondary N) is 1. The van der Waals surface area contributed by atoms with Crippen molar-refractivity contribution >= 4 is 22.2 Å². The summed E-state index contributed by atoms with van der Waals surface area (Å²) in [5.41, 5.74) is 1.69. The smallest absolute Gasteiger partial charge is 0.224 e. The highest BCUT2D eigenvalue weighted by Gasteiger charge is 2.28. The molecule has 0 saturated heterocycles. The molecule has 4 nitrogen and oxygen atoms in total. The Morgan fingerprint density at radius 3 is 2.95 bits per heavy atom. The van der Waals surface area contributed by atoms with Crippen molar-refractivity contribution in [3.63, 3.8) is 0 Å². The lowest BCUT2D eigenvalue weighted by Gasteiger charge is -2.26. The van der Waals surface area contributed by atoms with Gasteiger partial charge < -0.3 is 10.1 Å². The zero-order valence-electron chi connectivity index (χ0n) is 12.2. The quantitative estimate of drug-likeness (QED) is 0.924. The third kappa shape index (κ3) is 3.02. The number of fused-ring (bicyclic) bond motifs is 1. The van der Waals surface area contributed by atoms with E-state index in [1.54, 1.807) is 0 Å². The van der Waals surface area contributed by atoms with Crippen molar-refractivity contribution in [1.29, 1.82) is 5.26 Å². The maximum Gasteiger partial charge on any atom is 0.224 e. The summed E-state index contributed by atoms with van der Waals surface area (Å²) in [5, 5.41) is 12.9. The lowest BCUT2D eigenvalue weighted by Crippen LogP contribution is -2.26. The molecule has 5 heteroatoms. The van der Waals surface area contributed by atoms with Gasteiger partial charge in [0.1, 0.15) is 11.1 Å². The molecular weight excluding hydrogens is 272 g/mol. The fourth-order valence-electron chi connectivity index (χ4n) is 2.34. The topological polar surface area (TPSA) is 62.1 Å². The maximum absolute atomic E-state index is 11.7. The molecule has 0 saturated carbocycles. The van der Waals surface area contributed by atoms with E-state index >= 15 is 0 Å². The van der Waals surface area contributed by atoms with Gasteiger partial charge in [0.25, 0.3) is 0 Å². The monoisotopic (exact) mass is 292 g/mol. The first-order valence-electron chi connectivity index (χ1n) is 7.02. The molecule has 2 heterocycles. The molecule has 1 atom stereocenters. The van der Waals surface area contributed by atoms with E-state index in [1.807, 2.05) is 6.92 Å². The van der Waals surface area contributed by atoms with Crippen LogP contribution in [0.5, 0.6) is 0 Å². The predicted molar refractivity (Wildman–Crippen MR) is 79.7 cm³/mol. The molecule has 1 aromatic rings. The van der Waals surface area contributed by atoms with E-state index in [4.69, 9.17) is 4.74 Å². The van der Waals surface area contributed by atoms with Crippen molar-refractivity contribution in [2.24, 2.45) is 5.92 Å². The van der Waals surface area contributed by atoms with E-state index in [0.717, 1.165) is 23.3 Å². The number of carbonyl (C=O) groups is 1. The lowest BCUT2D eigenvalue weighted by atomic mass is 9.95. The summed E-state index contributed by atoms with van der Waals surface area (Å²) in [6.07, 6.45) is 2.20. The van der Waals surface area contributed by atoms with Crippen LogP contribution in [0, 0.1) is 17.2 Å². The molecule has 2 rings (SSSR count). The molecule has 1 aliphatic rings. The molecule has 0 radical (unpaired) electrons. The summed E-state index contributed by atoms with van der Waals surface area (Å²) in [6.45, 7) is 6.75. The zero-order chi connectivity index (χ0) is 14.7. The Labute approximate surface area is 123 Å². The highest BCUT2D eigenvalue weighted by atomic mass is 32.1. The summed E-state index contributed by atoms with van der Waals surface area (Å²) >= 11 is 1.48. The standard InChI is InChI=1S/C15H20N2O2S/c1-4-5-14(18)17-15-11(7-16)10-6-12(9(2)3)19-8-13(10)20-15/h9,12H,4-6,8H2,1-3H3,(H,17,18)/t12-/m1/s1. The Morgan fingerprint density at radius 1 is 1.60 bits per heavy atom. The molecule has 0 aliphatic carbocycles. The fourth-order valence-corrected chi connectivity index (χ4v) is 3.46. The van der Waals surface area contributed by atoms with Crippen LogP contribution < -0.4 is 5.32 Å². The van der Waals surface area contributed by atoms with E-state index in [1.165, 1.54) is 11.3 Å². The number of rotatable bonds is 4. The predicted octanol–water partition coefficient (Wildman–Crippen LogP) is 3.46. The second kappa shape index (κ2) is 6.38. The van der Waals surface area contributed by atoms with Gasteiger partial charge in [-0.3, -0.25) is 4.79 Å². The van der Waals surface area contributed by atoms with Crippen LogP contribution in [0.4, 0.5) is 5.00 Å². The SMILES string of the molecule is CCCC(=O)Nc1sc2c(c1C#N)C[C@H](C(C)C)OC2. The van der Waals surface area contributed by atoms with Gasteiger partial charge in [-0.25, -0.2) is 0 Å². The highest BCUT2D eigenvalue weighted by molar-refractivity contribution is 7.16. The third-order valence-electron chi connectivity index (χ3n) is 3.51. The zero-order valence-corrected chi connectivity index (χ0v) is 13.0. The van der Waals surface area contributed by atoms with Crippen LogP contribution >= 0.6 is 11.3 Å². The van der Waals surface area contributed by atoms with Gasteiger partial charge in [-0.2, -0.15) is 5.26 Å². The van der Waals surface area contributed by atoms with Gasteiger partial charge in [-0.15, -0.1) is 11.3 Å². The van der Waals surface area contributed by atoms with Crippen LogP contribution in [0.3, 0.4) is 0 Å². The van der Waals surface area contributed by atoms with E-state index in [2.05, 4.69) is 25.2 Å². The van der Waals surface area contributed by atoms with Crippen LogP contribution in [0.25, 0.3) is 0 Å². The lowest BCUT2D eigenvalue weighted by molar-refractivity contribution is -0.116. The van der Waals surface area contributed by atoms with E-state index < -0.39 is 0 Å². The van der Waals surface area contributed by atoms with E-state index in [0.29, 0.717) is 29.5 Å². The third-order valence-corrected chi connectivity index (χ3v) is 4.63. The Balaban J connectivity index is 2.25. The minimum atomic E-state index is -0.0241. The van der Waals surface area contributed by atoms with Crippen LogP contribution in [-0.2, 0) is 22.6 Å². The molecule has 1 amide bonds. The van der Waals surface area contributed by atoms with Crippen molar-refractivity contribution in [2.75, 3.05) is 5.32 Å². The van der Waals surface area contributed by atoms with Gasteiger partial charge >= 0.3 is 0 Å². The van der Waals surface area contributed by atoms with Gasteiger partial charge in [0.05, 0.1) is 18.3 Å². The summed E-state index contributed by atoms with van der Waals surface area (Å²) < 4.78 is 5.82. The molecular formula is C15H20N2O2S. The van der Waals surface area contributed by atoms with Gasteiger partial charge in [-0.1, -0.05) is 20.8 Å². The molecule has 20 heavy (non-hydrogen) atoms. The molecule has 0 bridgehead atoms. The van der Waals surface area contributed by atoms with Gasteiger partial charge in [-0.05, 0) is 17.9 Å². The first kappa shape index (κ1) is 15.0. The molecule has 0 unspecified atom stereocenters. The minimum absolute atomic E-state index is 0.0241. The number of carbonyl (C=O) groups excluding carboxylic acids is 1. The average Bonchev–Trinajstić information content (AvgIpc) is 2.74. The van der Waals surface area contributed by atoms with Gasteiger partial charge in [0.2, 0.25) is 5.91 Å². The molecule has 0 aromatic carbocycles. The number of amides is 1. The van der Waals surface area contributed by atoms with E-state index in [9.17, 15) is 10.1 Å². The molecule has 1 N–H and O–H groups in total. The Morgan fingerprint density at radius 2 is 2.35 bits per heavy atom. The number of nitrogens with zero attached hydrogens (tertiary/aromatic N) is 1. The number of anilines is 1. The number of hydrogen-bond acceptors (Lipinski definition) is 4. The second-order valence-electron chi connectivity index (χ2n) is 5.42. The largest absolute Gasteiger partial charge is 0.372 e.